The standard InChI is InChI=1S/C7H11BrN4O/c1-4-6(8)3-12(11-4)5(2)7(13)10-9/h3,5H,9H2,1-2H3,(H,10,13). The van der Waals surface area contributed by atoms with Crippen molar-refractivity contribution in [1.29, 1.82) is 0 Å². The summed E-state index contributed by atoms with van der Waals surface area (Å²) < 4.78 is 2.44. The Morgan fingerprint density at radius 1 is 1.85 bits per heavy atom. The number of amides is 1. The fourth-order valence-corrected chi connectivity index (χ4v) is 1.19. The molecule has 1 heterocycles. The Kier molecular flexibility index (Phi) is 3.05. The van der Waals surface area contributed by atoms with Crippen LogP contribution in [-0.2, 0) is 4.79 Å². The highest BCUT2D eigenvalue weighted by Crippen LogP contribution is 2.16. The summed E-state index contributed by atoms with van der Waals surface area (Å²) in [5.41, 5.74) is 2.92. The number of hydrazine groups is 1. The van der Waals surface area contributed by atoms with Crippen LogP contribution in [0.2, 0.25) is 0 Å². The summed E-state index contributed by atoms with van der Waals surface area (Å²) in [4.78, 5) is 11.1. The minimum Gasteiger partial charge on any atom is -0.292 e. The number of nitrogens with one attached hydrogen (secondary N) is 1. The number of aryl methyl sites for hydroxylation is 1. The Bertz CT molecular complexity index is 303. The highest BCUT2D eigenvalue weighted by Gasteiger charge is 2.15. The van der Waals surface area contributed by atoms with Crippen molar-refractivity contribution >= 4 is 21.8 Å². The Balaban J connectivity index is 2.89. The molecular weight excluding hydrogens is 236 g/mol. The van der Waals surface area contributed by atoms with Gasteiger partial charge in [-0.25, -0.2) is 5.84 Å². The minimum absolute atomic E-state index is 0.269. The zero-order valence-electron chi connectivity index (χ0n) is 7.41. The molecule has 72 valence electrons. The first-order valence-electron chi connectivity index (χ1n) is 3.78. The van der Waals surface area contributed by atoms with Gasteiger partial charge in [-0.05, 0) is 29.8 Å². The van der Waals surface area contributed by atoms with Crippen molar-refractivity contribution in [3.8, 4) is 0 Å². The first-order valence-corrected chi connectivity index (χ1v) is 4.57. The number of nitrogens with two attached hydrogens (primary N) is 1. The molecular formula is C7H11BrN4O. The molecule has 0 bridgehead atoms. The van der Waals surface area contributed by atoms with Crippen LogP contribution in [0, 0.1) is 6.92 Å². The summed E-state index contributed by atoms with van der Waals surface area (Å²) in [5.74, 6) is 4.73. The van der Waals surface area contributed by atoms with Crippen LogP contribution in [0.5, 0.6) is 0 Å². The van der Waals surface area contributed by atoms with Gasteiger partial charge in [0.15, 0.2) is 0 Å². The van der Waals surface area contributed by atoms with Crippen LogP contribution < -0.4 is 11.3 Å². The molecule has 0 aromatic carbocycles. The van der Waals surface area contributed by atoms with E-state index in [0.717, 1.165) is 10.2 Å². The maximum absolute atomic E-state index is 11.1. The van der Waals surface area contributed by atoms with Gasteiger partial charge in [-0.1, -0.05) is 0 Å². The summed E-state index contributed by atoms with van der Waals surface area (Å²) in [6.07, 6.45) is 1.75. The lowest BCUT2D eigenvalue weighted by Crippen LogP contribution is -2.36. The molecule has 0 saturated carbocycles. The van der Waals surface area contributed by atoms with Crippen LogP contribution in [-0.4, -0.2) is 15.7 Å². The van der Waals surface area contributed by atoms with Gasteiger partial charge < -0.3 is 0 Å². The average molecular weight is 247 g/mol. The number of rotatable bonds is 2. The monoisotopic (exact) mass is 246 g/mol. The van der Waals surface area contributed by atoms with E-state index < -0.39 is 6.04 Å². The van der Waals surface area contributed by atoms with Gasteiger partial charge in [-0.15, -0.1) is 0 Å². The van der Waals surface area contributed by atoms with Crippen LogP contribution in [0.1, 0.15) is 18.7 Å². The molecule has 1 aromatic heterocycles. The average Bonchev–Trinajstić information content (AvgIpc) is 2.44. The molecule has 1 rings (SSSR count). The van der Waals surface area contributed by atoms with E-state index in [4.69, 9.17) is 5.84 Å². The topological polar surface area (TPSA) is 72.9 Å². The quantitative estimate of drug-likeness (QED) is 0.454. The molecule has 1 atom stereocenters. The van der Waals surface area contributed by atoms with Gasteiger partial charge in [-0.2, -0.15) is 5.10 Å². The van der Waals surface area contributed by atoms with Gasteiger partial charge in [0.25, 0.3) is 5.91 Å². The molecule has 3 N–H and O–H groups in total. The van der Waals surface area contributed by atoms with Crippen LogP contribution in [0.3, 0.4) is 0 Å². The third kappa shape index (κ3) is 2.07. The van der Waals surface area contributed by atoms with Gasteiger partial charge in [0.1, 0.15) is 6.04 Å². The van der Waals surface area contributed by atoms with E-state index in [2.05, 4.69) is 26.5 Å². The second-order valence-corrected chi connectivity index (χ2v) is 3.58. The normalized spacial score (nSPS) is 12.6. The summed E-state index contributed by atoms with van der Waals surface area (Å²) in [6.45, 7) is 3.58. The molecule has 1 unspecified atom stereocenters. The number of carbonyl (C=O) groups is 1. The molecule has 0 fully saturated rings. The van der Waals surface area contributed by atoms with Crippen LogP contribution >= 0.6 is 15.9 Å². The SMILES string of the molecule is Cc1nn(C(C)C(=O)NN)cc1Br. The van der Waals surface area contributed by atoms with Crippen LogP contribution in [0.25, 0.3) is 0 Å². The van der Waals surface area contributed by atoms with E-state index in [1.807, 2.05) is 6.92 Å². The molecule has 6 heteroatoms. The molecule has 0 spiro atoms. The van der Waals surface area contributed by atoms with Gasteiger partial charge in [-0.3, -0.25) is 14.9 Å². The maximum Gasteiger partial charge on any atom is 0.258 e. The molecule has 1 aromatic rings. The zero-order chi connectivity index (χ0) is 10.0. The van der Waals surface area contributed by atoms with E-state index in [1.54, 1.807) is 17.8 Å². The van der Waals surface area contributed by atoms with Gasteiger partial charge in [0, 0.05) is 6.20 Å². The smallest absolute Gasteiger partial charge is 0.258 e. The van der Waals surface area contributed by atoms with Crippen molar-refractivity contribution in [2.75, 3.05) is 0 Å². The number of hydrogen-bond donors (Lipinski definition) is 2. The van der Waals surface area contributed by atoms with Gasteiger partial charge in [0.05, 0.1) is 10.2 Å². The van der Waals surface area contributed by atoms with E-state index in [9.17, 15) is 4.79 Å². The lowest BCUT2D eigenvalue weighted by molar-refractivity contribution is -0.124. The molecule has 0 aliphatic heterocycles. The maximum atomic E-state index is 11.1. The molecule has 0 saturated heterocycles. The number of nitrogens with zero attached hydrogens (tertiary/aromatic N) is 2. The van der Waals surface area contributed by atoms with Crippen molar-refractivity contribution in [3.05, 3.63) is 16.4 Å². The second-order valence-electron chi connectivity index (χ2n) is 2.73. The first kappa shape index (κ1) is 10.2. The van der Waals surface area contributed by atoms with Crippen LogP contribution in [0.4, 0.5) is 0 Å². The lowest BCUT2D eigenvalue weighted by Gasteiger charge is -2.09. The highest BCUT2D eigenvalue weighted by molar-refractivity contribution is 9.10. The first-order chi connectivity index (χ1) is 6.06. The molecule has 0 aliphatic carbocycles. The minimum atomic E-state index is -0.394. The number of halogens is 1. The summed E-state index contributed by atoms with van der Waals surface area (Å²) in [5, 5.41) is 4.13. The second kappa shape index (κ2) is 3.89. The highest BCUT2D eigenvalue weighted by atomic mass is 79.9. The number of hydrogen-bond acceptors (Lipinski definition) is 3. The zero-order valence-corrected chi connectivity index (χ0v) is 9.00. The third-order valence-corrected chi connectivity index (χ3v) is 2.55. The Hall–Kier alpha value is -0.880. The Morgan fingerprint density at radius 3 is 2.85 bits per heavy atom. The molecule has 1 amide bonds. The van der Waals surface area contributed by atoms with Crippen molar-refractivity contribution in [2.45, 2.75) is 19.9 Å². The molecule has 13 heavy (non-hydrogen) atoms. The van der Waals surface area contributed by atoms with Crippen molar-refractivity contribution in [1.82, 2.24) is 15.2 Å². The largest absolute Gasteiger partial charge is 0.292 e. The fraction of sp³-hybridized carbons (Fsp3) is 0.429. The lowest BCUT2D eigenvalue weighted by atomic mass is 10.3. The Morgan fingerprint density at radius 2 is 2.46 bits per heavy atom. The summed E-state index contributed by atoms with van der Waals surface area (Å²) in [6, 6.07) is -0.394. The summed E-state index contributed by atoms with van der Waals surface area (Å²) >= 11 is 3.31. The predicted octanol–water partition coefficient (Wildman–Crippen LogP) is 0.505. The van der Waals surface area contributed by atoms with Crippen molar-refractivity contribution in [3.63, 3.8) is 0 Å². The van der Waals surface area contributed by atoms with Gasteiger partial charge >= 0.3 is 0 Å². The molecule has 5 nitrogen and oxygen atoms in total. The van der Waals surface area contributed by atoms with E-state index >= 15 is 0 Å². The van der Waals surface area contributed by atoms with E-state index in [1.165, 1.54) is 0 Å². The molecule has 0 aliphatic rings. The fourth-order valence-electron chi connectivity index (χ4n) is 0.899. The number of aromatic nitrogens is 2. The van der Waals surface area contributed by atoms with Crippen molar-refractivity contribution in [2.24, 2.45) is 5.84 Å². The Labute approximate surface area is 84.4 Å². The third-order valence-electron chi connectivity index (χ3n) is 1.78. The van der Waals surface area contributed by atoms with Gasteiger partial charge in [0.2, 0.25) is 0 Å². The number of carbonyl (C=O) groups excluding carboxylic acids is 1. The molecule has 0 radical (unpaired) electrons. The predicted molar refractivity (Wildman–Crippen MR) is 51.7 cm³/mol. The van der Waals surface area contributed by atoms with E-state index in [0.29, 0.717) is 0 Å². The summed E-state index contributed by atoms with van der Waals surface area (Å²) in [7, 11) is 0. The van der Waals surface area contributed by atoms with E-state index in [-0.39, 0.29) is 5.91 Å². The van der Waals surface area contributed by atoms with Crippen molar-refractivity contribution < 1.29 is 4.79 Å². The van der Waals surface area contributed by atoms with Crippen LogP contribution in [0.15, 0.2) is 10.7 Å².